The Kier molecular flexibility index (Phi) is 4.60. The normalized spacial score (nSPS) is 10.9. The summed E-state index contributed by atoms with van der Waals surface area (Å²) in [4.78, 5) is 2.83. The minimum atomic E-state index is 0.900. The highest BCUT2D eigenvalue weighted by Gasteiger charge is 2.03. The first kappa shape index (κ1) is 13.8. The second-order valence-corrected chi connectivity index (χ2v) is 6.85. The quantitative estimate of drug-likeness (QED) is 0.858. The summed E-state index contributed by atoms with van der Waals surface area (Å²) < 4.78 is 1.19. The molecular formula is C15H18BrNS. The highest BCUT2D eigenvalue weighted by atomic mass is 79.9. The third-order valence-electron chi connectivity index (χ3n) is 3.04. The van der Waals surface area contributed by atoms with Gasteiger partial charge in [0, 0.05) is 27.3 Å². The fourth-order valence-corrected chi connectivity index (χ4v) is 3.51. The summed E-state index contributed by atoms with van der Waals surface area (Å²) in [5.74, 6) is 0. The number of benzene rings is 1. The largest absolute Gasteiger partial charge is 0.308 e. The van der Waals surface area contributed by atoms with E-state index in [1.165, 1.54) is 30.9 Å². The minimum absolute atomic E-state index is 0.900. The Labute approximate surface area is 121 Å². The van der Waals surface area contributed by atoms with Gasteiger partial charge in [0.05, 0.1) is 0 Å². The van der Waals surface area contributed by atoms with E-state index in [2.05, 4.69) is 66.3 Å². The number of thiophene rings is 1. The monoisotopic (exact) mass is 323 g/mol. The van der Waals surface area contributed by atoms with Crippen LogP contribution in [-0.2, 0) is 13.1 Å². The number of hydrogen-bond acceptors (Lipinski definition) is 2. The molecule has 1 aromatic carbocycles. The summed E-state index contributed by atoms with van der Waals surface area (Å²) in [6.45, 7) is 8.31. The van der Waals surface area contributed by atoms with Crippen molar-refractivity contribution in [2.75, 3.05) is 0 Å². The molecule has 0 saturated carbocycles. The molecule has 0 radical (unpaired) electrons. The Bertz CT molecular complexity index is 526. The fourth-order valence-electron chi connectivity index (χ4n) is 1.85. The van der Waals surface area contributed by atoms with Crippen LogP contribution in [0.3, 0.4) is 0 Å². The summed E-state index contributed by atoms with van der Waals surface area (Å²) in [6, 6.07) is 8.77. The molecule has 0 spiro atoms. The van der Waals surface area contributed by atoms with Gasteiger partial charge in [-0.3, -0.25) is 0 Å². The van der Waals surface area contributed by atoms with Crippen LogP contribution in [-0.4, -0.2) is 0 Å². The van der Waals surface area contributed by atoms with E-state index < -0.39 is 0 Å². The van der Waals surface area contributed by atoms with Crippen LogP contribution in [0.25, 0.3) is 0 Å². The van der Waals surface area contributed by atoms with E-state index in [4.69, 9.17) is 0 Å². The van der Waals surface area contributed by atoms with Gasteiger partial charge in [-0.1, -0.05) is 28.1 Å². The Morgan fingerprint density at radius 2 is 1.89 bits per heavy atom. The Morgan fingerprint density at radius 1 is 1.11 bits per heavy atom. The molecule has 96 valence electrons. The average Bonchev–Trinajstić information content (AvgIpc) is 2.61. The smallest absolute Gasteiger partial charge is 0.0303 e. The average molecular weight is 324 g/mol. The Morgan fingerprint density at radius 3 is 2.50 bits per heavy atom. The lowest BCUT2D eigenvalue weighted by atomic mass is 10.1. The van der Waals surface area contributed by atoms with Crippen LogP contribution in [0.4, 0.5) is 0 Å². The maximum absolute atomic E-state index is 3.61. The van der Waals surface area contributed by atoms with Crippen LogP contribution < -0.4 is 5.32 Å². The van der Waals surface area contributed by atoms with E-state index >= 15 is 0 Å². The second-order valence-electron chi connectivity index (χ2n) is 4.65. The molecule has 18 heavy (non-hydrogen) atoms. The third-order valence-corrected chi connectivity index (χ3v) is 4.93. The highest BCUT2D eigenvalue weighted by molar-refractivity contribution is 9.10. The van der Waals surface area contributed by atoms with Crippen LogP contribution in [0.15, 0.2) is 28.7 Å². The van der Waals surface area contributed by atoms with Gasteiger partial charge in [-0.2, -0.15) is 0 Å². The molecule has 1 aromatic heterocycles. The topological polar surface area (TPSA) is 12.0 Å². The van der Waals surface area contributed by atoms with E-state index in [1.54, 1.807) is 0 Å². The predicted molar refractivity (Wildman–Crippen MR) is 83.2 cm³/mol. The van der Waals surface area contributed by atoms with Crippen LogP contribution in [0.5, 0.6) is 0 Å². The third kappa shape index (κ3) is 3.44. The summed E-state index contributed by atoms with van der Waals surface area (Å²) in [6.07, 6.45) is 0. The van der Waals surface area contributed by atoms with Gasteiger partial charge >= 0.3 is 0 Å². The lowest BCUT2D eigenvalue weighted by Gasteiger charge is -2.06. The second kappa shape index (κ2) is 6.00. The van der Waals surface area contributed by atoms with Gasteiger partial charge in [0.15, 0.2) is 0 Å². The molecule has 0 bridgehead atoms. The molecule has 1 nitrogen and oxygen atoms in total. The van der Waals surface area contributed by atoms with Crippen molar-refractivity contribution >= 4 is 27.3 Å². The molecule has 0 aliphatic carbocycles. The van der Waals surface area contributed by atoms with Gasteiger partial charge in [-0.25, -0.2) is 0 Å². The van der Waals surface area contributed by atoms with Crippen molar-refractivity contribution in [3.63, 3.8) is 0 Å². The molecule has 0 fully saturated rings. The number of rotatable bonds is 4. The zero-order valence-electron chi connectivity index (χ0n) is 11.0. The van der Waals surface area contributed by atoms with E-state index in [1.807, 2.05) is 11.3 Å². The summed E-state index contributed by atoms with van der Waals surface area (Å²) >= 11 is 5.49. The number of aryl methyl sites for hydroxylation is 3. The van der Waals surface area contributed by atoms with Gasteiger partial charge in [-0.15, -0.1) is 11.3 Å². The van der Waals surface area contributed by atoms with Gasteiger partial charge < -0.3 is 5.32 Å². The van der Waals surface area contributed by atoms with Crippen LogP contribution in [0.2, 0.25) is 0 Å². The lowest BCUT2D eigenvalue weighted by molar-refractivity contribution is 0.698. The zero-order valence-corrected chi connectivity index (χ0v) is 13.4. The molecule has 0 amide bonds. The molecule has 2 aromatic rings. The number of halogens is 1. The SMILES string of the molecule is Cc1ccc(CNCc2cc(C)c(C)s2)c(Br)c1. The van der Waals surface area contributed by atoms with Gasteiger partial charge in [0.25, 0.3) is 0 Å². The van der Waals surface area contributed by atoms with E-state index in [-0.39, 0.29) is 0 Å². The van der Waals surface area contributed by atoms with E-state index in [0.717, 1.165) is 13.1 Å². The minimum Gasteiger partial charge on any atom is -0.308 e. The van der Waals surface area contributed by atoms with Crippen molar-refractivity contribution in [3.05, 3.63) is 55.2 Å². The van der Waals surface area contributed by atoms with Gasteiger partial charge in [-0.05, 0) is 49.6 Å². The molecular weight excluding hydrogens is 306 g/mol. The zero-order chi connectivity index (χ0) is 13.1. The van der Waals surface area contributed by atoms with Crippen molar-refractivity contribution in [3.8, 4) is 0 Å². The van der Waals surface area contributed by atoms with Crippen LogP contribution >= 0.6 is 27.3 Å². The molecule has 0 atom stereocenters. The van der Waals surface area contributed by atoms with Crippen LogP contribution in [0.1, 0.15) is 26.4 Å². The van der Waals surface area contributed by atoms with Gasteiger partial charge in [0.2, 0.25) is 0 Å². The van der Waals surface area contributed by atoms with Crippen molar-refractivity contribution in [1.82, 2.24) is 5.32 Å². The predicted octanol–water partition coefficient (Wildman–Crippen LogP) is 4.73. The maximum atomic E-state index is 3.61. The first-order valence-electron chi connectivity index (χ1n) is 6.08. The summed E-state index contributed by atoms with van der Waals surface area (Å²) in [5, 5.41) is 3.50. The molecule has 1 heterocycles. The molecule has 1 N–H and O–H groups in total. The first-order chi connectivity index (χ1) is 8.56. The van der Waals surface area contributed by atoms with Gasteiger partial charge in [0.1, 0.15) is 0 Å². The molecule has 0 aliphatic rings. The fraction of sp³-hybridized carbons (Fsp3) is 0.333. The summed E-state index contributed by atoms with van der Waals surface area (Å²) in [7, 11) is 0. The van der Waals surface area contributed by atoms with E-state index in [9.17, 15) is 0 Å². The number of hydrogen-bond donors (Lipinski definition) is 1. The van der Waals surface area contributed by atoms with Crippen molar-refractivity contribution in [2.45, 2.75) is 33.9 Å². The maximum Gasteiger partial charge on any atom is 0.0303 e. The standard InChI is InChI=1S/C15H18BrNS/c1-10-4-5-13(15(16)6-10)8-17-9-14-7-11(2)12(3)18-14/h4-7,17H,8-9H2,1-3H3. The Hall–Kier alpha value is -0.640. The number of nitrogens with one attached hydrogen (secondary N) is 1. The first-order valence-corrected chi connectivity index (χ1v) is 7.69. The van der Waals surface area contributed by atoms with Crippen molar-refractivity contribution < 1.29 is 0 Å². The van der Waals surface area contributed by atoms with Crippen molar-refractivity contribution in [1.29, 1.82) is 0 Å². The molecule has 0 aliphatic heterocycles. The molecule has 3 heteroatoms. The summed E-state index contributed by atoms with van der Waals surface area (Å²) in [5.41, 5.74) is 3.99. The van der Waals surface area contributed by atoms with Crippen molar-refractivity contribution in [2.24, 2.45) is 0 Å². The lowest BCUT2D eigenvalue weighted by Crippen LogP contribution is -2.12. The molecule has 0 saturated heterocycles. The molecule has 0 unspecified atom stereocenters. The highest BCUT2D eigenvalue weighted by Crippen LogP contribution is 2.21. The van der Waals surface area contributed by atoms with Crippen LogP contribution in [0, 0.1) is 20.8 Å². The Balaban J connectivity index is 1.92. The molecule has 2 rings (SSSR count). The van der Waals surface area contributed by atoms with E-state index in [0.29, 0.717) is 0 Å².